The highest BCUT2D eigenvalue weighted by molar-refractivity contribution is 7.99. The zero-order valence-corrected chi connectivity index (χ0v) is 30.0. The number of aromatic nitrogens is 3. The van der Waals surface area contributed by atoms with Gasteiger partial charge in [-0.1, -0.05) is 169 Å². The van der Waals surface area contributed by atoms with Crippen LogP contribution in [0.4, 0.5) is 0 Å². The Morgan fingerprint density at radius 1 is 0.407 bits per heavy atom. The van der Waals surface area contributed by atoms with Crippen LogP contribution in [0.25, 0.3) is 67.1 Å². The number of para-hydroxylation sites is 1. The van der Waals surface area contributed by atoms with Crippen molar-refractivity contribution >= 4 is 22.7 Å². The average Bonchev–Trinajstić information content (AvgIpc) is 3.55. The van der Waals surface area contributed by atoms with Crippen LogP contribution in [0.15, 0.2) is 198 Å². The Labute approximate surface area is 318 Å². The molecule has 0 saturated carbocycles. The molecule has 0 atom stereocenters. The number of hydrogen-bond acceptors (Lipinski definition) is 4. The third-order valence-corrected chi connectivity index (χ3v) is 12.2. The van der Waals surface area contributed by atoms with E-state index in [1.54, 1.807) is 0 Å². The first kappa shape index (κ1) is 31.0. The second kappa shape index (κ2) is 12.2. The van der Waals surface area contributed by atoms with Crippen LogP contribution in [0, 0.1) is 0 Å². The maximum absolute atomic E-state index is 5.40. The van der Waals surface area contributed by atoms with Gasteiger partial charge in [-0.25, -0.2) is 9.97 Å². The van der Waals surface area contributed by atoms with Gasteiger partial charge in [0.25, 0.3) is 0 Å². The minimum atomic E-state index is -0.563. The summed E-state index contributed by atoms with van der Waals surface area (Å²) in [6.45, 7) is 0. The van der Waals surface area contributed by atoms with Gasteiger partial charge in [0, 0.05) is 43.6 Å². The van der Waals surface area contributed by atoms with E-state index in [9.17, 15) is 0 Å². The van der Waals surface area contributed by atoms with Gasteiger partial charge in [0.15, 0.2) is 5.82 Å². The zero-order chi connectivity index (χ0) is 35.6. The van der Waals surface area contributed by atoms with Crippen LogP contribution < -0.4 is 0 Å². The lowest BCUT2D eigenvalue weighted by molar-refractivity contribution is 0.722. The van der Waals surface area contributed by atoms with Gasteiger partial charge in [-0.2, -0.15) is 0 Å². The van der Waals surface area contributed by atoms with E-state index in [0.717, 1.165) is 55.7 Å². The molecule has 7 aromatic carbocycles. The van der Waals surface area contributed by atoms with E-state index in [1.165, 1.54) is 37.6 Å². The van der Waals surface area contributed by atoms with E-state index in [2.05, 4.69) is 164 Å². The molecule has 0 amide bonds. The van der Waals surface area contributed by atoms with Crippen molar-refractivity contribution in [2.45, 2.75) is 15.2 Å². The van der Waals surface area contributed by atoms with Crippen molar-refractivity contribution in [3.8, 4) is 56.2 Å². The number of pyridine rings is 1. The lowest BCUT2D eigenvalue weighted by atomic mass is 9.67. The summed E-state index contributed by atoms with van der Waals surface area (Å²) in [7, 11) is 0. The highest BCUT2D eigenvalue weighted by Crippen LogP contribution is 2.64. The molecule has 3 heterocycles. The molecule has 4 heteroatoms. The SMILES string of the molecule is c1ccc(-c2cc(-c3ccccc3)nc(-c3cccc4c3-c3c(-c5cccc6cccnc56)cccc3C43c4ccccc4Sc4ccccc43)n2)cc1. The summed E-state index contributed by atoms with van der Waals surface area (Å²) in [6.07, 6.45) is 1.90. The molecule has 1 aliphatic carbocycles. The molecule has 0 N–H and O–H groups in total. The zero-order valence-electron chi connectivity index (χ0n) is 29.1. The van der Waals surface area contributed by atoms with Gasteiger partial charge in [0.2, 0.25) is 0 Å². The molecular formula is C50H31N3S. The predicted molar refractivity (Wildman–Crippen MR) is 221 cm³/mol. The van der Waals surface area contributed by atoms with Gasteiger partial charge in [-0.05, 0) is 63.2 Å². The van der Waals surface area contributed by atoms with Crippen LogP contribution in [0.1, 0.15) is 22.3 Å². The molecule has 9 aromatic rings. The van der Waals surface area contributed by atoms with E-state index in [-0.39, 0.29) is 0 Å². The summed E-state index contributed by atoms with van der Waals surface area (Å²) in [4.78, 5) is 18.3. The average molecular weight is 706 g/mol. The van der Waals surface area contributed by atoms with Crippen molar-refractivity contribution in [1.82, 2.24) is 15.0 Å². The Bertz CT molecular complexity index is 2810. The van der Waals surface area contributed by atoms with E-state index in [4.69, 9.17) is 15.0 Å². The normalized spacial score (nSPS) is 13.3. The molecule has 1 spiro atoms. The van der Waals surface area contributed by atoms with Gasteiger partial charge in [-0.15, -0.1) is 0 Å². The van der Waals surface area contributed by atoms with Crippen molar-refractivity contribution in [2.24, 2.45) is 0 Å². The van der Waals surface area contributed by atoms with Crippen molar-refractivity contribution in [3.05, 3.63) is 210 Å². The second-order valence-corrected chi connectivity index (χ2v) is 15.0. The van der Waals surface area contributed by atoms with E-state index in [1.807, 2.05) is 36.2 Å². The molecule has 11 rings (SSSR count). The second-order valence-electron chi connectivity index (χ2n) is 13.9. The van der Waals surface area contributed by atoms with Crippen LogP contribution in [0.5, 0.6) is 0 Å². The van der Waals surface area contributed by atoms with Gasteiger partial charge in [0.1, 0.15) is 0 Å². The highest BCUT2D eigenvalue weighted by atomic mass is 32.2. The largest absolute Gasteiger partial charge is 0.256 e. The molecule has 2 aromatic heterocycles. The molecule has 0 saturated heterocycles. The van der Waals surface area contributed by atoms with Crippen LogP contribution >= 0.6 is 11.8 Å². The van der Waals surface area contributed by atoms with Gasteiger partial charge >= 0.3 is 0 Å². The summed E-state index contributed by atoms with van der Waals surface area (Å²) >= 11 is 1.86. The summed E-state index contributed by atoms with van der Waals surface area (Å²) in [6, 6.07) is 65.2. The Morgan fingerprint density at radius 2 is 0.907 bits per heavy atom. The number of hydrogen-bond donors (Lipinski definition) is 0. The molecular weight excluding hydrogens is 675 g/mol. The first-order valence-electron chi connectivity index (χ1n) is 18.3. The first-order chi connectivity index (χ1) is 26.8. The molecule has 0 unspecified atom stereocenters. The van der Waals surface area contributed by atoms with Crippen LogP contribution in [0.2, 0.25) is 0 Å². The minimum absolute atomic E-state index is 0.563. The summed E-state index contributed by atoms with van der Waals surface area (Å²) < 4.78 is 0. The monoisotopic (exact) mass is 705 g/mol. The van der Waals surface area contributed by atoms with Gasteiger partial charge < -0.3 is 0 Å². The van der Waals surface area contributed by atoms with E-state index >= 15 is 0 Å². The highest BCUT2D eigenvalue weighted by Gasteiger charge is 2.51. The standard InChI is InChI=1S/C50H31N3S/c1-3-15-32(16-4-1)42-31-43(33-17-5-2-6-18-33)53-49(52-42)37-23-13-27-41-47(37)46-35(36-22-11-19-34-20-14-30-51-48(34)36)21-12-26-40(46)50(41)38-24-7-9-28-44(38)54-45-29-10-8-25-39(45)50/h1-31H. The molecule has 252 valence electrons. The topological polar surface area (TPSA) is 38.7 Å². The third kappa shape index (κ3) is 4.54. The fourth-order valence-electron chi connectivity index (χ4n) is 8.80. The maximum atomic E-state index is 5.40. The molecule has 0 fully saturated rings. The number of benzene rings is 7. The van der Waals surface area contributed by atoms with E-state index < -0.39 is 5.41 Å². The molecule has 2 aliphatic rings. The van der Waals surface area contributed by atoms with Crippen molar-refractivity contribution in [2.75, 3.05) is 0 Å². The predicted octanol–water partition coefficient (Wildman–Crippen LogP) is 12.5. The number of rotatable bonds is 4. The fraction of sp³-hybridized carbons (Fsp3) is 0.0200. The molecule has 1 aliphatic heterocycles. The molecule has 0 bridgehead atoms. The Balaban J connectivity index is 1.29. The van der Waals surface area contributed by atoms with Crippen LogP contribution in [-0.2, 0) is 5.41 Å². The molecule has 3 nitrogen and oxygen atoms in total. The van der Waals surface area contributed by atoms with Crippen molar-refractivity contribution < 1.29 is 0 Å². The van der Waals surface area contributed by atoms with Crippen LogP contribution in [0.3, 0.4) is 0 Å². The lowest BCUT2D eigenvalue weighted by Crippen LogP contribution is -2.31. The summed E-state index contributed by atoms with van der Waals surface area (Å²) in [5.41, 5.74) is 15.0. The Morgan fingerprint density at radius 3 is 1.56 bits per heavy atom. The quantitative estimate of drug-likeness (QED) is 0.183. The first-order valence-corrected chi connectivity index (χ1v) is 19.1. The number of fused-ring (bicyclic) bond motifs is 10. The Hall–Kier alpha value is -6.62. The molecule has 54 heavy (non-hydrogen) atoms. The van der Waals surface area contributed by atoms with Crippen molar-refractivity contribution in [1.29, 1.82) is 0 Å². The van der Waals surface area contributed by atoms with Gasteiger partial charge in [0.05, 0.1) is 22.3 Å². The third-order valence-electron chi connectivity index (χ3n) is 11.0. The fourth-order valence-corrected chi connectivity index (χ4v) is 9.99. The minimum Gasteiger partial charge on any atom is -0.256 e. The van der Waals surface area contributed by atoms with Crippen molar-refractivity contribution in [3.63, 3.8) is 0 Å². The molecule has 0 radical (unpaired) electrons. The van der Waals surface area contributed by atoms with E-state index in [0.29, 0.717) is 5.82 Å². The smallest absolute Gasteiger partial charge is 0.161 e. The Kier molecular flexibility index (Phi) is 7.01. The summed E-state index contributed by atoms with van der Waals surface area (Å²) in [5, 5.41) is 1.12. The van der Waals surface area contributed by atoms with Crippen LogP contribution in [-0.4, -0.2) is 15.0 Å². The van der Waals surface area contributed by atoms with Gasteiger partial charge in [-0.3, -0.25) is 4.98 Å². The summed E-state index contributed by atoms with van der Waals surface area (Å²) in [5.74, 6) is 0.702. The number of nitrogens with zero attached hydrogens (tertiary/aromatic N) is 3. The lowest BCUT2D eigenvalue weighted by Gasteiger charge is -2.39. The maximum Gasteiger partial charge on any atom is 0.161 e.